The zero-order valence-corrected chi connectivity index (χ0v) is 10.4. The molecule has 0 spiro atoms. The monoisotopic (exact) mass is 228 g/mol. The minimum atomic E-state index is -0.311. The molecule has 90 valence electrons. The molecule has 1 aliphatic carbocycles. The van der Waals surface area contributed by atoms with E-state index in [4.69, 9.17) is 0 Å². The molecule has 1 fully saturated rings. The lowest BCUT2D eigenvalue weighted by Crippen LogP contribution is -2.51. The van der Waals surface area contributed by atoms with Gasteiger partial charge >= 0.3 is 0 Å². The molecule has 0 amide bonds. The number of nitrogens with one attached hydrogen (secondary N) is 1. The maximum atomic E-state index is 9.48. The molecule has 1 unspecified atom stereocenters. The van der Waals surface area contributed by atoms with Gasteiger partial charge < -0.3 is 0 Å². The van der Waals surface area contributed by atoms with Gasteiger partial charge in [0.1, 0.15) is 5.54 Å². The smallest absolute Gasteiger partial charge is 0.109 e. The molecule has 1 N–H and O–H groups in total. The van der Waals surface area contributed by atoms with Crippen molar-refractivity contribution in [3.8, 4) is 6.07 Å². The molecule has 1 aromatic carbocycles. The van der Waals surface area contributed by atoms with E-state index in [-0.39, 0.29) is 5.54 Å². The number of nitrogens with zero attached hydrogens (tertiary/aromatic N) is 1. The predicted octanol–water partition coefficient (Wildman–Crippen LogP) is 3.25. The van der Waals surface area contributed by atoms with Crippen LogP contribution in [0.3, 0.4) is 0 Å². The van der Waals surface area contributed by atoms with Crippen molar-refractivity contribution < 1.29 is 0 Å². The number of hydrogen-bond acceptors (Lipinski definition) is 2. The van der Waals surface area contributed by atoms with Crippen LogP contribution in [0.5, 0.6) is 0 Å². The largest absolute Gasteiger partial charge is 0.295 e. The van der Waals surface area contributed by atoms with Crippen LogP contribution in [-0.2, 0) is 6.54 Å². The van der Waals surface area contributed by atoms with Crippen molar-refractivity contribution in [1.82, 2.24) is 5.32 Å². The first kappa shape index (κ1) is 12.1. The van der Waals surface area contributed by atoms with Crippen LogP contribution in [0, 0.1) is 17.2 Å². The number of hydrogen-bond donors (Lipinski definition) is 1. The summed E-state index contributed by atoms with van der Waals surface area (Å²) in [6.45, 7) is 2.90. The summed E-state index contributed by atoms with van der Waals surface area (Å²) in [5, 5.41) is 13.0. The van der Waals surface area contributed by atoms with Crippen LogP contribution in [0.25, 0.3) is 0 Å². The zero-order valence-electron chi connectivity index (χ0n) is 10.4. The van der Waals surface area contributed by atoms with Crippen molar-refractivity contribution in [3.05, 3.63) is 35.9 Å². The highest BCUT2D eigenvalue weighted by Gasteiger charge is 2.40. The van der Waals surface area contributed by atoms with Gasteiger partial charge in [0.15, 0.2) is 0 Å². The van der Waals surface area contributed by atoms with E-state index in [1.165, 1.54) is 24.8 Å². The summed E-state index contributed by atoms with van der Waals surface area (Å²) >= 11 is 0. The van der Waals surface area contributed by atoms with Gasteiger partial charge in [-0.1, -0.05) is 43.7 Å². The molecule has 0 aromatic heterocycles. The van der Waals surface area contributed by atoms with E-state index < -0.39 is 0 Å². The molecular formula is C15H20N2. The van der Waals surface area contributed by atoms with E-state index in [2.05, 4.69) is 30.4 Å². The first-order chi connectivity index (χ1) is 8.30. The summed E-state index contributed by atoms with van der Waals surface area (Å²) in [4.78, 5) is 0. The third-order valence-corrected chi connectivity index (χ3v) is 4.01. The van der Waals surface area contributed by atoms with Gasteiger partial charge in [-0.3, -0.25) is 5.32 Å². The second-order valence-corrected chi connectivity index (χ2v) is 4.90. The fraction of sp³-hybridized carbons (Fsp3) is 0.533. The average Bonchev–Trinajstić information content (AvgIpc) is 2.33. The van der Waals surface area contributed by atoms with Gasteiger partial charge in [-0.2, -0.15) is 5.26 Å². The van der Waals surface area contributed by atoms with Crippen LogP contribution in [0.4, 0.5) is 0 Å². The number of rotatable bonds is 5. The van der Waals surface area contributed by atoms with E-state index in [1.54, 1.807) is 0 Å². The molecule has 0 bridgehead atoms. The van der Waals surface area contributed by atoms with Crippen LogP contribution < -0.4 is 5.32 Å². The standard InChI is InChI=1S/C15H20N2/c1-2-15(12-16,14-9-6-10-14)17-11-13-7-4-3-5-8-13/h3-5,7-8,14,17H,2,6,9-11H2,1H3. The first-order valence-electron chi connectivity index (χ1n) is 6.51. The lowest BCUT2D eigenvalue weighted by atomic mass is 9.70. The Kier molecular flexibility index (Phi) is 3.81. The van der Waals surface area contributed by atoms with Gasteiger partial charge in [-0.05, 0) is 30.7 Å². The van der Waals surface area contributed by atoms with Crippen molar-refractivity contribution in [3.63, 3.8) is 0 Å². The van der Waals surface area contributed by atoms with Crippen LogP contribution in [0.2, 0.25) is 0 Å². The fourth-order valence-electron chi connectivity index (χ4n) is 2.52. The highest BCUT2D eigenvalue weighted by Crippen LogP contribution is 2.38. The lowest BCUT2D eigenvalue weighted by molar-refractivity contribution is 0.167. The van der Waals surface area contributed by atoms with Gasteiger partial charge in [0.05, 0.1) is 6.07 Å². The SMILES string of the molecule is CCC(C#N)(NCc1ccccc1)C1CCC1. The summed E-state index contributed by atoms with van der Waals surface area (Å²) in [5.41, 5.74) is 0.938. The summed E-state index contributed by atoms with van der Waals surface area (Å²) in [6.07, 6.45) is 4.56. The Balaban J connectivity index is 2.01. The summed E-state index contributed by atoms with van der Waals surface area (Å²) in [7, 11) is 0. The highest BCUT2D eigenvalue weighted by molar-refractivity contribution is 5.18. The molecule has 1 aromatic rings. The molecule has 0 heterocycles. The van der Waals surface area contributed by atoms with Gasteiger partial charge in [0.25, 0.3) is 0 Å². The van der Waals surface area contributed by atoms with E-state index >= 15 is 0 Å². The minimum absolute atomic E-state index is 0.311. The average molecular weight is 228 g/mol. The van der Waals surface area contributed by atoms with E-state index in [0.29, 0.717) is 5.92 Å². The second-order valence-electron chi connectivity index (χ2n) is 4.90. The van der Waals surface area contributed by atoms with E-state index in [1.807, 2.05) is 18.2 Å². The molecule has 2 nitrogen and oxygen atoms in total. The topological polar surface area (TPSA) is 35.8 Å². The molecule has 2 heteroatoms. The van der Waals surface area contributed by atoms with Crippen LogP contribution in [-0.4, -0.2) is 5.54 Å². The molecule has 1 saturated carbocycles. The van der Waals surface area contributed by atoms with Crippen molar-refractivity contribution in [2.24, 2.45) is 5.92 Å². The van der Waals surface area contributed by atoms with E-state index in [9.17, 15) is 5.26 Å². The van der Waals surface area contributed by atoms with Gasteiger partial charge in [0, 0.05) is 6.54 Å². The van der Waals surface area contributed by atoms with Crippen LogP contribution >= 0.6 is 0 Å². The normalized spacial score (nSPS) is 19.1. The summed E-state index contributed by atoms with van der Waals surface area (Å²) < 4.78 is 0. The predicted molar refractivity (Wildman–Crippen MR) is 69.3 cm³/mol. The van der Waals surface area contributed by atoms with Gasteiger partial charge in [0.2, 0.25) is 0 Å². The molecule has 1 atom stereocenters. The van der Waals surface area contributed by atoms with Gasteiger partial charge in [-0.15, -0.1) is 0 Å². The van der Waals surface area contributed by atoms with E-state index in [0.717, 1.165) is 13.0 Å². The van der Waals surface area contributed by atoms with Gasteiger partial charge in [-0.25, -0.2) is 0 Å². The quantitative estimate of drug-likeness (QED) is 0.839. The Morgan fingerprint density at radius 2 is 2.06 bits per heavy atom. The van der Waals surface area contributed by atoms with Crippen LogP contribution in [0.15, 0.2) is 30.3 Å². The van der Waals surface area contributed by atoms with Crippen molar-refractivity contribution >= 4 is 0 Å². The Morgan fingerprint density at radius 1 is 1.35 bits per heavy atom. The molecule has 2 rings (SSSR count). The van der Waals surface area contributed by atoms with Crippen molar-refractivity contribution in [2.45, 2.75) is 44.7 Å². The highest BCUT2D eigenvalue weighted by atomic mass is 15.0. The molecular weight excluding hydrogens is 208 g/mol. The summed E-state index contributed by atoms with van der Waals surface area (Å²) in [6, 6.07) is 12.8. The third kappa shape index (κ3) is 2.50. The molecule has 1 aliphatic rings. The number of benzene rings is 1. The molecule has 17 heavy (non-hydrogen) atoms. The second kappa shape index (κ2) is 5.33. The minimum Gasteiger partial charge on any atom is -0.295 e. The maximum Gasteiger partial charge on any atom is 0.109 e. The zero-order chi connectivity index (χ0) is 12.1. The third-order valence-electron chi connectivity index (χ3n) is 4.01. The molecule has 0 aliphatic heterocycles. The lowest BCUT2D eigenvalue weighted by Gasteiger charge is -2.40. The Bertz CT molecular complexity index is 389. The van der Waals surface area contributed by atoms with Crippen molar-refractivity contribution in [2.75, 3.05) is 0 Å². The first-order valence-corrected chi connectivity index (χ1v) is 6.51. The fourth-order valence-corrected chi connectivity index (χ4v) is 2.52. The molecule has 0 radical (unpaired) electrons. The molecule has 0 saturated heterocycles. The number of nitriles is 1. The Hall–Kier alpha value is -1.33. The van der Waals surface area contributed by atoms with Crippen LogP contribution in [0.1, 0.15) is 38.2 Å². The Morgan fingerprint density at radius 3 is 2.53 bits per heavy atom. The van der Waals surface area contributed by atoms with Crippen molar-refractivity contribution in [1.29, 1.82) is 5.26 Å². The maximum absolute atomic E-state index is 9.48. The Labute approximate surface area is 104 Å². The summed E-state index contributed by atoms with van der Waals surface area (Å²) in [5.74, 6) is 0.543.